The zero-order valence-corrected chi connectivity index (χ0v) is 26.8. The number of nitrogens with zero attached hydrogens (tertiary/aromatic N) is 8. The van der Waals surface area contributed by atoms with Crippen LogP contribution in [-0.4, -0.2) is 96.0 Å². The van der Waals surface area contributed by atoms with Crippen molar-refractivity contribution in [3.05, 3.63) is 41.7 Å². The number of ether oxygens (including phenoxy) is 2. The van der Waals surface area contributed by atoms with Crippen LogP contribution in [0.1, 0.15) is 25.3 Å². The molecular weight excluding hydrogens is 690 g/mol. The second-order valence-corrected chi connectivity index (χ2v) is 16.0. The van der Waals surface area contributed by atoms with Gasteiger partial charge in [0, 0.05) is 25.2 Å². The van der Waals surface area contributed by atoms with Gasteiger partial charge in [0.05, 0.1) is 38.1 Å². The SMILES string of the molecule is Nc1ncnc2c1ncn2[C@H]1C[C@H](OP(O)(=S)OC[C@H]2O[C@@H](n3cnc4c(=O)[nH]c5nccn5c43)C[C@@H]2O)[C@@H](COP(=O)(O)S)O1. The zero-order valence-electron chi connectivity index (χ0n) is 23.3. The fourth-order valence-corrected chi connectivity index (χ4v) is 7.50. The summed E-state index contributed by atoms with van der Waals surface area (Å²) in [6.07, 6.45) is 2.06. The molecule has 0 aromatic carbocycles. The van der Waals surface area contributed by atoms with Crippen LogP contribution in [0.4, 0.5) is 5.82 Å². The summed E-state index contributed by atoms with van der Waals surface area (Å²) in [6.45, 7) is -9.00. The van der Waals surface area contributed by atoms with Gasteiger partial charge >= 0.3 is 13.5 Å². The summed E-state index contributed by atoms with van der Waals surface area (Å²) in [5, 5.41) is 10.8. The van der Waals surface area contributed by atoms with Crippen LogP contribution in [0.3, 0.4) is 0 Å². The van der Waals surface area contributed by atoms with Crippen LogP contribution in [0.15, 0.2) is 36.2 Å². The highest BCUT2D eigenvalue weighted by Gasteiger charge is 2.43. The number of H-pyrrole nitrogens is 1. The maximum absolute atomic E-state index is 12.5. The molecule has 2 aliphatic heterocycles. The van der Waals surface area contributed by atoms with Crippen molar-refractivity contribution < 1.29 is 42.5 Å². The number of nitrogens with one attached hydrogen (secondary N) is 1. The lowest BCUT2D eigenvalue weighted by atomic mass is 10.2. The monoisotopic (exact) mass is 716 g/mol. The predicted octanol–water partition coefficient (Wildman–Crippen LogP) is 0.396. The molecular formula is C22H26N10O10P2S2. The third-order valence-corrected chi connectivity index (χ3v) is 9.97. The third-order valence-electron chi connectivity index (χ3n) is 7.55. The second-order valence-electron chi connectivity index (χ2n) is 10.5. The molecule has 5 aromatic heterocycles. The van der Waals surface area contributed by atoms with E-state index in [4.69, 9.17) is 40.6 Å². The highest BCUT2D eigenvalue weighted by atomic mass is 32.7. The minimum Gasteiger partial charge on any atom is -0.390 e. The van der Waals surface area contributed by atoms with E-state index in [1.54, 1.807) is 19.7 Å². The Balaban J connectivity index is 1.05. The van der Waals surface area contributed by atoms with Crippen LogP contribution in [0.5, 0.6) is 0 Å². The number of aromatic nitrogens is 9. The molecule has 46 heavy (non-hydrogen) atoms. The fourth-order valence-electron chi connectivity index (χ4n) is 5.48. The first-order valence-electron chi connectivity index (χ1n) is 13.6. The highest BCUT2D eigenvalue weighted by molar-refractivity contribution is 8.44. The van der Waals surface area contributed by atoms with E-state index in [2.05, 4.69) is 42.2 Å². The summed E-state index contributed by atoms with van der Waals surface area (Å²) in [4.78, 5) is 56.3. The van der Waals surface area contributed by atoms with E-state index in [1.807, 2.05) is 0 Å². The topological polar surface area (TPSA) is 262 Å². The Labute approximate surface area is 267 Å². The van der Waals surface area contributed by atoms with Crippen molar-refractivity contribution in [2.75, 3.05) is 18.9 Å². The molecule has 5 aromatic rings. The van der Waals surface area contributed by atoms with E-state index in [-0.39, 0.29) is 30.8 Å². The van der Waals surface area contributed by atoms with E-state index in [0.29, 0.717) is 22.6 Å². The normalized spacial score (nSPS) is 27.9. The van der Waals surface area contributed by atoms with Crippen molar-refractivity contribution >= 4 is 71.5 Å². The summed E-state index contributed by atoms with van der Waals surface area (Å²) in [5.74, 6) is 0.473. The van der Waals surface area contributed by atoms with Gasteiger partial charge in [-0.15, -0.1) is 0 Å². The lowest BCUT2D eigenvalue weighted by Gasteiger charge is -2.25. The Morgan fingerprint density at radius 3 is 2.57 bits per heavy atom. The molecule has 7 rings (SSSR count). The van der Waals surface area contributed by atoms with E-state index < -0.39 is 62.6 Å². The number of imidazole rings is 3. The van der Waals surface area contributed by atoms with Crippen molar-refractivity contribution in [2.45, 2.75) is 49.7 Å². The molecule has 7 heterocycles. The van der Waals surface area contributed by atoms with Gasteiger partial charge < -0.3 is 39.1 Å². The summed E-state index contributed by atoms with van der Waals surface area (Å²) in [5.41, 5.74) is 6.75. The van der Waals surface area contributed by atoms with Crippen LogP contribution in [-0.2, 0) is 39.4 Å². The van der Waals surface area contributed by atoms with Crippen LogP contribution in [0.2, 0.25) is 0 Å². The number of fused-ring (bicyclic) bond motifs is 4. The molecule has 0 saturated carbocycles. The van der Waals surface area contributed by atoms with E-state index in [0.717, 1.165) is 0 Å². The van der Waals surface area contributed by atoms with Gasteiger partial charge in [0.1, 0.15) is 36.5 Å². The Kier molecular flexibility index (Phi) is 8.27. The zero-order chi connectivity index (χ0) is 32.4. The van der Waals surface area contributed by atoms with Gasteiger partial charge in [-0.1, -0.05) is 12.2 Å². The van der Waals surface area contributed by atoms with Crippen LogP contribution < -0.4 is 11.3 Å². The third kappa shape index (κ3) is 6.12. The first-order chi connectivity index (χ1) is 21.9. The lowest BCUT2D eigenvalue weighted by Crippen LogP contribution is -2.29. The molecule has 0 amide bonds. The van der Waals surface area contributed by atoms with Crippen LogP contribution in [0, 0.1) is 0 Å². The Morgan fingerprint density at radius 1 is 1.04 bits per heavy atom. The molecule has 0 aliphatic carbocycles. The maximum Gasteiger partial charge on any atom is 0.383 e. The molecule has 24 heteroatoms. The first kappa shape index (κ1) is 31.7. The molecule has 2 fully saturated rings. The van der Waals surface area contributed by atoms with Gasteiger partial charge in [0.15, 0.2) is 22.6 Å². The number of hydrogen-bond donors (Lipinski definition) is 6. The molecule has 2 aliphatic rings. The molecule has 20 nitrogen and oxygen atoms in total. The van der Waals surface area contributed by atoms with Crippen molar-refractivity contribution in [1.82, 2.24) is 43.4 Å². The first-order valence-corrected chi connectivity index (χ1v) is 18.9. The fraction of sp³-hybridized carbons (Fsp3) is 0.455. The number of aliphatic hydroxyl groups excluding tert-OH is 1. The van der Waals surface area contributed by atoms with Crippen molar-refractivity contribution in [3.8, 4) is 0 Å². The average Bonchev–Trinajstić information content (AvgIpc) is 3.80. The minimum atomic E-state index is -4.19. The van der Waals surface area contributed by atoms with Gasteiger partial charge in [-0.05, 0) is 11.8 Å². The standard InChI is InChI=1S/C22H26N10O10P2S2/c23-18-16-19(26-7-25-18)31(8-27-16)15-4-11(13(41-15)6-38-43(35,36)45)42-44(37,46)39-5-12-10(33)3-14(40-12)32-9-28-17-20(34)29-22-24-1-2-30(22)21(17)32/h1-2,7-15,33H,3-6H2,(H,37,46)(H2,23,25,26)(H,24,29,34)(H2,35,36,45)/t10-,11-,12+,13+,14+,15+,44?/m0/s1. The van der Waals surface area contributed by atoms with Crippen molar-refractivity contribution in [2.24, 2.45) is 0 Å². The van der Waals surface area contributed by atoms with Gasteiger partial charge in [-0.2, -0.15) is 0 Å². The Morgan fingerprint density at radius 2 is 1.76 bits per heavy atom. The van der Waals surface area contributed by atoms with Gasteiger partial charge in [0.2, 0.25) is 5.78 Å². The van der Waals surface area contributed by atoms with Crippen molar-refractivity contribution in [3.63, 3.8) is 0 Å². The number of rotatable bonds is 10. The van der Waals surface area contributed by atoms with Gasteiger partial charge in [-0.3, -0.25) is 27.8 Å². The lowest BCUT2D eigenvalue weighted by molar-refractivity contribution is -0.0489. The number of nitrogen functional groups attached to an aromatic ring is 1. The summed E-state index contributed by atoms with van der Waals surface area (Å²) in [6, 6.07) is 0. The van der Waals surface area contributed by atoms with Gasteiger partial charge in [0.25, 0.3) is 5.56 Å². The maximum atomic E-state index is 12.5. The molecule has 0 bridgehead atoms. The summed E-state index contributed by atoms with van der Waals surface area (Å²) < 4.78 is 45.0. The molecule has 2 saturated heterocycles. The van der Waals surface area contributed by atoms with Crippen LogP contribution >= 0.6 is 25.8 Å². The minimum absolute atomic E-state index is 0.0776. The average molecular weight is 717 g/mol. The van der Waals surface area contributed by atoms with Gasteiger partial charge in [-0.25, -0.2) is 29.5 Å². The molecule has 6 N–H and O–H groups in total. The molecule has 8 atom stereocenters. The number of thiol groups is 1. The smallest absolute Gasteiger partial charge is 0.383 e. The quantitative estimate of drug-likeness (QED) is 0.0844. The predicted molar refractivity (Wildman–Crippen MR) is 164 cm³/mol. The number of aliphatic hydroxyl groups is 1. The number of anilines is 1. The largest absolute Gasteiger partial charge is 0.390 e. The van der Waals surface area contributed by atoms with E-state index in [9.17, 15) is 24.3 Å². The second kappa shape index (κ2) is 12.0. The van der Waals surface area contributed by atoms with Crippen LogP contribution in [0.25, 0.3) is 28.1 Å². The number of nitrogens with two attached hydrogens (primary N) is 1. The summed E-state index contributed by atoms with van der Waals surface area (Å²) >= 11 is 8.82. The highest BCUT2D eigenvalue weighted by Crippen LogP contribution is 2.51. The molecule has 246 valence electrons. The van der Waals surface area contributed by atoms with E-state index in [1.165, 1.54) is 25.2 Å². The Hall–Kier alpha value is -2.85. The number of hydrogen-bond acceptors (Lipinski definition) is 15. The molecule has 2 unspecified atom stereocenters. The summed E-state index contributed by atoms with van der Waals surface area (Å²) in [7, 11) is 0. The number of aromatic amines is 1. The van der Waals surface area contributed by atoms with Crippen molar-refractivity contribution in [1.29, 1.82) is 0 Å². The van der Waals surface area contributed by atoms with E-state index >= 15 is 0 Å². The molecule has 0 spiro atoms. The Bertz CT molecular complexity index is 2080. The molecule has 0 radical (unpaired) electrons.